The second-order valence-corrected chi connectivity index (χ2v) is 6.47. The molecule has 1 aliphatic heterocycles. The van der Waals surface area contributed by atoms with E-state index in [0.29, 0.717) is 5.92 Å². The van der Waals surface area contributed by atoms with Crippen LogP contribution in [0.3, 0.4) is 0 Å². The lowest BCUT2D eigenvalue weighted by Crippen LogP contribution is -2.34. The SMILES string of the molecule is C=S(C)(=O)N1CC=C(C(C)C)CC1. The van der Waals surface area contributed by atoms with Crippen LogP contribution in [-0.4, -0.2) is 33.7 Å². The maximum atomic E-state index is 11.6. The highest BCUT2D eigenvalue weighted by Crippen LogP contribution is 2.19. The lowest BCUT2D eigenvalue weighted by atomic mass is 9.98. The second kappa shape index (κ2) is 3.84. The minimum Gasteiger partial charge on any atom is -0.253 e. The summed E-state index contributed by atoms with van der Waals surface area (Å²) in [6.45, 7) is 6.10. The molecule has 0 N–H and O–H groups in total. The molecular weight excluding hydrogens is 182 g/mol. The van der Waals surface area contributed by atoms with Gasteiger partial charge in [0.1, 0.15) is 0 Å². The lowest BCUT2D eigenvalue weighted by Gasteiger charge is -2.28. The normalized spacial score (nSPS) is 24.2. The molecule has 0 aromatic heterocycles. The van der Waals surface area contributed by atoms with Crippen molar-refractivity contribution < 1.29 is 4.21 Å². The van der Waals surface area contributed by atoms with Crippen molar-refractivity contribution >= 4 is 15.6 Å². The van der Waals surface area contributed by atoms with Crippen molar-refractivity contribution in [1.82, 2.24) is 4.31 Å². The quantitative estimate of drug-likeness (QED) is 0.490. The topological polar surface area (TPSA) is 20.3 Å². The molecule has 13 heavy (non-hydrogen) atoms. The molecule has 0 radical (unpaired) electrons. The summed E-state index contributed by atoms with van der Waals surface area (Å²) < 4.78 is 13.6. The lowest BCUT2D eigenvalue weighted by molar-refractivity contribution is 0.455. The molecule has 1 unspecified atom stereocenters. The molecule has 0 spiro atoms. The van der Waals surface area contributed by atoms with Crippen molar-refractivity contribution in [2.75, 3.05) is 19.3 Å². The molecule has 0 saturated carbocycles. The molecule has 0 bridgehead atoms. The van der Waals surface area contributed by atoms with Crippen LogP contribution >= 0.6 is 0 Å². The minimum absolute atomic E-state index is 0.625. The molecule has 1 aliphatic rings. The van der Waals surface area contributed by atoms with Gasteiger partial charge in [-0.1, -0.05) is 25.5 Å². The summed E-state index contributed by atoms with van der Waals surface area (Å²) in [5.74, 6) is 4.31. The van der Waals surface area contributed by atoms with Gasteiger partial charge in [0, 0.05) is 29.1 Å². The van der Waals surface area contributed by atoms with Crippen molar-refractivity contribution in [3.63, 3.8) is 0 Å². The van der Waals surface area contributed by atoms with Crippen LogP contribution in [0.15, 0.2) is 11.6 Å². The Balaban J connectivity index is 2.67. The van der Waals surface area contributed by atoms with Gasteiger partial charge in [0.25, 0.3) is 0 Å². The Morgan fingerprint density at radius 2 is 2.23 bits per heavy atom. The number of rotatable bonds is 2. The number of nitrogens with zero attached hydrogens (tertiary/aromatic N) is 1. The van der Waals surface area contributed by atoms with Crippen LogP contribution in [0.1, 0.15) is 20.3 Å². The van der Waals surface area contributed by atoms with Gasteiger partial charge >= 0.3 is 0 Å². The van der Waals surface area contributed by atoms with Crippen LogP contribution in [-0.2, 0) is 9.71 Å². The molecule has 0 amide bonds. The first-order valence-corrected chi connectivity index (χ1v) is 6.76. The van der Waals surface area contributed by atoms with E-state index < -0.39 is 9.71 Å². The van der Waals surface area contributed by atoms with Gasteiger partial charge in [-0.25, -0.2) is 4.31 Å². The summed E-state index contributed by atoms with van der Waals surface area (Å²) in [4.78, 5) is 0. The van der Waals surface area contributed by atoms with Crippen LogP contribution in [0.4, 0.5) is 0 Å². The fourth-order valence-electron chi connectivity index (χ4n) is 1.54. The third-order valence-electron chi connectivity index (χ3n) is 2.49. The predicted octanol–water partition coefficient (Wildman–Crippen LogP) is 1.54. The smallest absolute Gasteiger partial charge is 0.0290 e. The highest BCUT2D eigenvalue weighted by molar-refractivity contribution is 7.97. The predicted molar refractivity (Wildman–Crippen MR) is 60.3 cm³/mol. The zero-order valence-electron chi connectivity index (χ0n) is 8.75. The summed E-state index contributed by atoms with van der Waals surface area (Å²) in [6.07, 6.45) is 4.95. The number of hydrogen-bond donors (Lipinski definition) is 0. The Kier molecular flexibility index (Phi) is 3.19. The fourth-order valence-corrected chi connectivity index (χ4v) is 2.41. The first kappa shape index (κ1) is 10.8. The summed E-state index contributed by atoms with van der Waals surface area (Å²) >= 11 is 0. The van der Waals surface area contributed by atoms with E-state index in [1.165, 1.54) is 5.57 Å². The maximum absolute atomic E-state index is 11.6. The molecule has 0 fully saturated rings. The summed E-state index contributed by atoms with van der Waals surface area (Å²) in [6, 6.07) is 0. The highest BCUT2D eigenvalue weighted by Gasteiger charge is 2.16. The molecule has 0 aromatic rings. The van der Waals surface area contributed by atoms with Gasteiger partial charge in [0.2, 0.25) is 0 Å². The van der Waals surface area contributed by atoms with E-state index in [1.807, 2.05) is 4.31 Å². The molecule has 2 nitrogen and oxygen atoms in total. The van der Waals surface area contributed by atoms with Crippen molar-refractivity contribution in [2.24, 2.45) is 5.92 Å². The zero-order chi connectivity index (χ0) is 10.1. The van der Waals surface area contributed by atoms with E-state index in [0.717, 1.165) is 19.5 Å². The third kappa shape index (κ3) is 2.85. The van der Waals surface area contributed by atoms with Gasteiger partial charge in [0.05, 0.1) is 0 Å². The van der Waals surface area contributed by atoms with Crippen LogP contribution < -0.4 is 0 Å². The van der Waals surface area contributed by atoms with Crippen LogP contribution in [0.5, 0.6) is 0 Å². The summed E-state index contributed by atoms with van der Waals surface area (Å²) in [5, 5.41) is 0. The fraction of sp³-hybridized carbons (Fsp3) is 0.700. The van der Waals surface area contributed by atoms with Gasteiger partial charge in [0.15, 0.2) is 0 Å². The van der Waals surface area contributed by atoms with Crippen LogP contribution in [0.2, 0.25) is 0 Å². The Labute approximate surface area is 81.8 Å². The maximum Gasteiger partial charge on any atom is 0.0290 e. The molecule has 0 aliphatic carbocycles. The first-order valence-electron chi connectivity index (χ1n) is 4.67. The first-order chi connectivity index (χ1) is 5.91. The van der Waals surface area contributed by atoms with Crippen molar-refractivity contribution in [3.05, 3.63) is 11.6 Å². The molecule has 0 saturated heterocycles. The van der Waals surface area contributed by atoms with Gasteiger partial charge in [-0.2, -0.15) is 0 Å². The molecule has 1 heterocycles. The average Bonchev–Trinajstić information content (AvgIpc) is 2.03. The molecule has 3 heteroatoms. The Bertz CT molecular complexity index is 301. The Morgan fingerprint density at radius 1 is 1.62 bits per heavy atom. The largest absolute Gasteiger partial charge is 0.253 e. The van der Waals surface area contributed by atoms with Gasteiger partial charge in [-0.15, -0.1) is 0 Å². The van der Waals surface area contributed by atoms with E-state index in [2.05, 4.69) is 25.8 Å². The zero-order valence-corrected chi connectivity index (χ0v) is 9.56. The van der Waals surface area contributed by atoms with Crippen molar-refractivity contribution in [1.29, 1.82) is 0 Å². The van der Waals surface area contributed by atoms with Gasteiger partial charge in [-0.3, -0.25) is 4.21 Å². The van der Waals surface area contributed by atoms with E-state index in [1.54, 1.807) is 6.26 Å². The van der Waals surface area contributed by atoms with Crippen molar-refractivity contribution in [3.8, 4) is 0 Å². The van der Waals surface area contributed by atoms with Crippen molar-refractivity contribution in [2.45, 2.75) is 20.3 Å². The summed E-state index contributed by atoms with van der Waals surface area (Å²) in [7, 11) is -1.99. The number of hydrogen-bond acceptors (Lipinski definition) is 1. The van der Waals surface area contributed by atoms with Crippen LogP contribution in [0.25, 0.3) is 0 Å². The van der Waals surface area contributed by atoms with Gasteiger partial charge < -0.3 is 0 Å². The standard InChI is InChI=1S/C10H19NOS/c1-9(2)10-5-7-11(8-6-10)13(3,4)12/h5,9H,3,6-8H2,1-2,4H3. The van der Waals surface area contributed by atoms with E-state index >= 15 is 0 Å². The Morgan fingerprint density at radius 3 is 2.54 bits per heavy atom. The monoisotopic (exact) mass is 201 g/mol. The van der Waals surface area contributed by atoms with Gasteiger partial charge in [-0.05, 0) is 18.2 Å². The molecule has 0 aromatic carbocycles. The average molecular weight is 201 g/mol. The molecular formula is C10H19NOS. The molecule has 76 valence electrons. The second-order valence-electron chi connectivity index (χ2n) is 4.03. The van der Waals surface area contributed by atoms with Crippen LogP contribution in [0, 0.1) is 5.92 Å². The minimum atomic E-state index is -1.99. The highest BCUT2D eigenvalue weighted by atomic mass is 32.2. The molecule has 1 rings (SSSR count). The van der Waals surface area contributed by atoms with E-state index in [4.69, 9.17) is 0 Å². The Hall–Kier alpha value is -0.280. The van der Waals surface area contributed by atoms with E-state index in [-0.39, 0.29) is 0 Å². The van der Waals surface area contributed by atoms with E-state index in [9.17, 15) is 4.21 Å². The molecule has 1 atom stereocenters. The summed E-state index contributed by atoms with van der Waals surface area (Å²) in [5.41, 5.74) is 1.49. The third-order valence-corrected chi connectivity index (χ3v) is 3.92.